The summed E-state index contributed by atoms with van der Waals surface area (Å²) < 4.78 is 0. The lowest BCUT2D eigenvalue weighted by molar-refractivity contribution is 1.15. The van der Waals surface area contributed by atoms with Gasteiger partial charge in [-0.15, -0.1) is 0 Å². The SMILES string of the molecule is Cc1c(C#N)cc2c(N3C4=C(CC=C4)Sc4ccccc43)c(C#N)c(C#N)cc2c1C. The monoisotopic (exact) mass is 416 g/mol. The average Bonchev–Trinajstić information content (AvgIpc) is 3.26. The highest BCUT2D eigenvalue weighted by Crippen LogP contribution is 2.52. The molecule has 31 heavy (non-hydrogen) atoms. The van der Waals surface area contributed by atoms with Crippen LogP contribution in [0, 0.1) is 47.8 Å². The summed E-state index contributed by atoms with van der Waals surface area (Å²) in [6, 6.07) is 18.6. The van der Waals surface area contributed by atoms with Crippen LogP contribution in [-0.2, 0) is 0 Å². The van der Waals surface area contributed by atoms with Gasteiger partial charge in [0, 0.05) is 15.2 Å². The summed E-state index contributed by atoms with van der Waals surface area (Å²) in [4.78, 5) is 4.42. The van der Waals surface area contributed by atoms with E-state index in [9.17, 15) is 15.8 Å². The smallest absolute Gasteiger partial charge is 0.103 e. The van der Waals surface area contributed by atoms with Gasteiger partial charge in [-0.1, -0.05) is 30.0 Å². The van der Waals surface area contributed by atoms with Crippen molar-refractivity contribution in [3.63, 3.8) is 0 Å². The van der Waals surface area contributed by atoms with E-state index >= 15 is 0 Å². The molecular weight excluding hydrogens is 400 g/mol. The van der Waals surface area contributed by atoms with Crippen molar-refractivity contribution in [2.24, 2.45) is 0 Å². The number of thioether (sulfide) groups is 1. The molecule has 5 heteroatoms. The molecule has 0 N–H and O–H groups in total. The summed E-state index contributed by atoms with van der Waals surface area (Å²) in [5, 5.41) is 31.4. The molecule has 0 radical (unpaired) electrons. The van der Waals surface area contributed by atoms with Crippen molar-refractivity contribution in [1.29, 1.82) is 15.8 Å². The van der Waals surface area contributed by atoms with Crippen LogP contribution in [0.2, 0.25) is 0 Å². The summed E-state index contributed by atoms with van der Waals surface area (Å²) in [5.41, 5.74) is 5.76. The van der Waals surface area contributed by atoms with Gasteiger partial charge >= 0.3 is 0 Å². The van der Waals surface area contributed by atoms with Crippen molar-refractivity contribution in [3.05, 3.63) is 87.0 Å². The van der Waals surface area contributed by atoms with Crippen molar-refractivity contribution < 1.29 is 0 Å². The molecule has 0 aromatic heterocycles. The van der Waals surface area contributed by atoms with Gasteiger partial charge in [-0.05, 0) is 67.1 Å². The van der Waals surface area contributed by atoms with Crippen LogP contribution in [0.4, 0.5) is 11.4 Å². The molecule has 5 rings (SSSR count). The third-order valence-electron chi connectivity index (χ3n) is 6.02. The molecule has 0 saturated carbocycles. The number of aryl methyl sites for hydroxylation is 1. The van der Waals surface area contributed by atoms with Crippen LogP contribution in [0.3, 0.4) is 0 Å². The zero-order chi connectivity index (χ0) is 21.7. The Morgan fingerprint density at radius 2 is 1.65 bits per heavy atom. The first-order valence-electron chi connectivity index (χ1n) is 9.87. The zero-order valence-corrected chi connectivity index (χ0v) is 17.8. The fraction of sp³-hybridized carbons (Fsp3) is 0.115. The van der Waals surface area contributed by atoms with Crippen LogP contribution >= 0.6 is 11.8 Å². The highest BCUT2D eigenvalue weighted by Gasteiger charge is 2.31. The second kappa shape index (κ2) is 7.06. The van der Waals surface area contributed by atoms with Gasteiger partial charge in [-0.2, -0.15) is 15.8 Å². The van der Waals surface area contributed by atoms with E-state index in [1.54, 1.807) is 17.8 Å². The highest BCUT2D eigenvalue weighted by molar-refractivity contribution is 8.03. The molecule has 3 aromatic rings. The minimum Gasteiger partial charge on any atom is -0.307 e. The molecule has 0 unspecified atom stereocenters. The summed E-state index contributed by atoms with van der Waals surface area (Å²) >= 11 is 1.74. The second-order valence-electron chi connectivity index (χ2n) is 7.57. The number of nitriles is 3. The van der Waals surface area contributed by atoms with E-state index in [-0.39, 0.29) is 0 Å². The van der Waals surface area contributed by atoms with Crippen molar-refractivity contribution in [2.45, 2.75) is 25.2 Å². The van der Waals surface area contributed by atoms with E-state index in [1.807, 2.05) is 38.1 Å². The lowest BCUT2D eigenvalue weighted by Crippen LogP contribution is -2.21. The fourth-order valence-electron chi connectivity index (χ4n) is 4.35. The zero-order valence-electron chi connectivity index (χ0n) is 17.0. The van der Waals surface area contributed by atoms with Gasteiger partial charge in [0.1, 0.15) is 12.1 Å². The van der Waals surface area contributed by atoms with Gasteiger partial charge < -0.3 is 4.90 Å². The molecule has 1 heterocycles. The van der Waals surface area contributed by atoms with E-state index in [1.165, 1.54) is 4.91 Å². The molecule has 1 aliphatic heterocycles. The standard InChI is InChI=1S/C26H16N4S/c1-15-16(2)19-11-18(13-28)21(14-29)26(20(19)10-17(15)12-27)30-22-6-3-4-8-24(22)31-25-9-5-7-23(25)30/h3-8,10-11H,9H2,1-2H3. The Labute approximate surface area is 184 Å². The summed E-state index contributed by atoms with van der Waals surface area (Å²) in [7, 11) is 0. The minimum absolute atomic E-state index is 0.330. The molecule has 0 spiro atoms. The maximum Gasteiger partial charge on any atom is 0.103 e. The Morgan fingerprint density at radius 1 is 0.903 bits per heavy atom. The first kappa shape index (κ1) is 19.0. The molecule has 0 saturated heterocycles. The van der Waals surface area contributed by atoms with Gasteiger partial charge in [-0.3, -0.25) is 0 Å². The third kappa shape index (κ3) is 2.67. The van der Waals surface area contributed by atoms with Crippen LogP contribution in [0.1, 0.15) is 34.2 Å². The minimum atomic E-state index is 0.330. The molecular formula is C26H16N4S. The first-order valence-corrected chi connectivity index (χ1v) is 10.7. The number of hydrogen-bond acceptors (Lipinski definition) is 5. The Kier molecular flexibility index (Phi) is 4.33. The van der Waals surface area contributed by atoms with E-state index < -0.39 is 0 Å². The molecule has 4 nitrogen and oxygen atoms in total. The molecule has 0 atom stereocenters. The lowest BCUT2D eigenvalue weighted by atomic mass is 9.90. The maximum absolute atomic E-state index is 10.1. The average molecular weight is 417 g/mol. The number of benzene rings is 3. The van der Waals surface area contributed by atoms with E-state index in [2.05, 4.69) is 41.3 Å². The number of anilines is 2. The number of para-hydroxylation sites is 1. The second-order valence-corrected chi connectivity index (χ2v) is 8.71. The molecule has 3 aromatic carbocycles. The largest absolute Gasteiger partial charge is 0.307 e. The van der Waals surface area contributed by atoms with Gasteiger partial charge in [0.05, 0.1) is 39.8 Å². The van der Waals surface area contributed by atoms with Crippen LogP contribution in [0.15, 0.2) is 64.0 Å². The molecule has 146 valence electrons. The molecule has 0 bridgehead atoms. The topological polar surface area (TPSA) is 74.6 Å². The van der Waals surface area contributed by atoms with E-state index in [0.29, 0.717) is 22.4 Å². The lowest BCUT2D eigenvalue weighted by Gasteiger charge is -2.34. The first-order chi connectivity index (χ1) is 15.1. The van der Waals surface area contributed by atoms with E-state index in [4.69, 9.17) is 0 Å². The number of hydrogen-bond donors (Lipinski definition) is 0. The number of allylic oxidation sites excluding steroid dienone is 3. The summed E-state index contributed by atoms with van der Waals surface area (Å²) in [5.74, 6) is 0. The Bertz CT molecular complexity index is 1490. The maximum atomic E-state index is 10.1. The predicted molar refractivity (Wildman–Crippen MR) is 123 cm³/mol. The molecule has 1 aliphatic carbocycles. The fourth-order valence-corrected chi connectivity index (χ4v) is 5.47. The third-order valence-corrected chi connectivity index (χ3v) is 7.21. The van der Waals surface area contributed by atoms with Crippen molar-refractivity contribution >= 4 is 33.9 Å². The van der Waals surface area contributed by atoms with Crippen LogP contribution in [-0.4, -0.2) is 0 Å². The van der Waals surface area contributed by atoms with Gasteiger partial charge in [0.2, 0.25) is 0 Å². The summed E-state index contributed by atoms with van der Waals surface area (Å²) in [6.07, 6.45) is 5.04. The highest BCUT2D eigenvalue weighted by atomic mass is 32.2. The van der Waals surface area contributed by atoms with Crippen LogP contribution in [0.5, 0.6) is 0 Å². The number of nitrogens with zero attached hydrogens (tertiary/aromatic N) is 4. The van der Waals surface area contributed by atoms with Crippen molar-refractivity contribution in [1.82, 2.24) is 0 Å². The predicted octanol–water partition coefficient (Wildman–Crippen LogP) is 6.49. The van der Waals surface area contributed by atoms with Crippen LogP contribution in [0.25, 0.3) is 10.8 Å². The van der Waals surface area contributed by atoms with E-state index in [0.717, 1.165) is 44.6 Å². The Morgan fingerprint density at radius 3 is 2.39 bits per heavy atom. The van der Waals surface area contributed by atoms with Gasteiger partial charge in [-0.25, -0.2) is 0 Å². The Balaban J connectivity index is 1.99. The summed E-state index contributed by atoms with van der Waals surface area (Å²) in [6.45, 7) is 3.89. The molecule has 0 fully saturated rings. The molecule has 2 aliphatic rings. The Hall–Kier alpha value is -3.98. The van der Waals surface area contributed by atoms with Crippen molar-refractivity contribution in [2.75, 3.05) is 4.90 Å². The number of fused-ring (bicyclic) bond motifs is 2. The number of rotatable bonds is 1. The van der Waals surface area contributed by atoms with Crippen molar-refractivity contribution in [3.8, 4) is 18.2 Å². The molecule has 0 amide bonds. The van der Waals surface area contributed by atoms with Gasteiger partial charge in [0.25, 0.3) is 0 Å². The normalized spacial score (nSPS) is 14.1. The quantitative estimate of drug-likeness (QED) is 0.453. The van der Waals surface area contributed by atoms with Crippen LogP contribution < -0.4 is 4.90 Å². The van der Waals surface area contributed by atoms with Gasteiger partial charge in [0.15, 0.2) is 0 Å².